The van der Waals surface area contributed by atoms with Gasteiger partial charge in [0.25, 0.3) is 0 Å². The number of hydrogen-bond acceptors (Lipinski definition) is 1. The molecule has 0 fully saturated rings. The molecule has 0 radical (unpaired) electrons. The van der Waals surface area contributed by atoms with Crippen molar-refractivity contribution in [3.8, 4) is 0 Å². The van der Waals surface area contributed by atoms with Crippen LogP contribution in [-0.4, -0.2) is 13.1 Å². The molecular formula is C13H18BrN. The average molecular weight is 268 g/mol. The highest BCUT2D eigenvalue weighted by Crippen LogP contribution is 2.12. The second-order valence-corrected chi connectivity index (χ2v) is 4.93. The highest BCUT2D eigenvalue weighted by Gasteiger charge is 1.90. The largest absolute Gasteiger partial charge is 0.313 e. The number of rotatable bonds is 5. The van der Waals surface area contributed by atoms with Crippen molar-refractivity contribution in [2.45, 2.75) is 13.8 Å². The van der Waals surface area contributed by atoms with Crippen LogP contribution in [0.4, 0.5) is 0 Å². The zero-order valence-corrected chi connectivity index (χ0v) is 10.9. The lowest BCUT2D eigenvalue weighted by molar-refractivity contribution is 0.577. The van der Waals surface area contributed by atoms with Gasteiger partial charge in [-0.25, -0.2) is 0 Å². The minimum atomic E-state index is 0.712. The van der Waals surface area contributed by atoms with Crippen LogP contribution in [0.1, 0.15) is 19.4 Å². The fourth-order valence-corrected chi connectivity index (χ4v) is 1.68. The van der Waals surface area contributed by atoms with Crippen LogP contribution in [0.25, 0.3) is 6.08 Å². The minimum Gasteiger partial charge on any atom is -0.313 e. The summed E-state index contributed by atoms with van der Waals surface area (Å²) in [5, 5.41) is 3.37. The molecule has 0 atom stereocenters. The van der Waals surface area contributed by atoms with Gasteiger partial charge in [0.1, 0.15) is 0 Å². The molecule has 0 bridgehead atoms. The smallest absolute Gasteiger partial charge is 0.0181 e. The molecule has 0 amide bonds. The first kappa shape index (κ1) is 12.5. The molecule has 0 aliphatic heterocycles. The van der Waals surface area contributed by atoms with Crippen molar-refractivity contribution < 1.29 is 0 Å². The fourth-order valence-electron chi connectivity index (χ4n) is 1.26. The molecule has 0 aliphatic carbocycles. The van der Waals surface area contributed by atoms with Crippen LogP contribution < -0.4 is 5.32 Å². The molecule has 0 spiro atoms. The molecule has 82 valence electrons. The van der Waals surface area contributed by atoms with E-state index in [0.29, 0.717) is 5.92 Å². The van der Waals surface area contributed by atoms with Gasteiger partial charge in [0.2, 0.25) is 0 Å². The van der Waals surface area contributed by atoms with Gasteiger partial charge in [0.15, 0.2) is 0 Å². The Morgan fingerprint density at radius 2 is 2.20 bits per heavy atom. The normalized spacial score (nSPS) is 11.5. The van der Waals surface area contributed by atoms with E-state index in [4.69, 9.17) is 0 Å². The predicted molar refractivity (Wildman–Crippen MR) is 70.9 cm³/mol. The average Bonchev–Trinajstić information content (AvgIpc) is 2.17. The third-order valence-corrected chi connectivity index (χ3v) is 2.47. The zero-order chi connectivity index (χ0) is 11.1. The highest BCUT2D eigenvalue weighted by molar-refractivity contribution is 9.10. The summed E-state index contributed by atoms with van der Waals surface area (Å²) in [7, 11) is 0. The molecule has 0 saturated carbocycles. The van der Waals surface area contributed by atoms with Gasteiger partial charge in [0.05, 0.1) is 0 Å². The van der Waals surface area contributed by atoms with E-state index in [1.165, 1.54) is 5.56 Å². The summed E-state index contributed by atoms with van der Waals surface area (Å²) in [5.74, 6) is 0.712. The van der Waals surface area contributed by atoms with E-state index < -0.39 is 0 Å². The number of hydrogen-bond donors (Lipinski definition) is 1. The van der Waals surface area contributed by atoms with Gasteiger partial charge >= 0.3 is 0 Å². The van der Waals surface area contributed by atoms with E-state index in [0.717, 1.165) is 17.6 Å². The standard InChI is InChI=1S/C13H18BrN/c1-11(2)10-15-8-4-6-12-5-3-7-13(14)9-12/h3-7,9,11,15H,8,10H2,1-2H3. The molecule has 0 aromatic heterocycles. The van der Waals surface area contributed by atoms with Crippen molar-refractivity contribution in [1.29, 1.82) is 0 Å². The summed E-state index contributed by atoms with van der Waals surface area (Å²) in [5.41, 5.74) is 1.23. The van der Waals surface area contributed by atoms with E-state index in [-0.39, 0.29) is 0 Å². The molecular weight excluding hydrogens is 250 g/mol. The van der Waals surface area contributed by atoms with Crippen molar-refractivity contribution in [2.24, 2.45) is 5.92 Å². The molecule has 1 rings (SSSR count). The molecule has 1 N–H and O–H groups in total. The second kappa shape index (κ2) is 6.81. The van der Waals surface area contributed by atoms with E-state index in [1.807, 2.05) is 12.1 Å². The Morgan fingerprint density at radius 3 is 2.87 bits per heavy atom. The Bertz CT molecular complexity index is 318. The van der Waals surface area contributed by atoms with Crippen molar-refractivity contribution in [1.82, 2.24) is 5.32 Å². The summed E-state index contributed by atoms with van der Waals surface area (Å²) in [6, 6.07) is 8.29. The lowest BCUT2D eigenvalue weighted by Crippen LogP contribution is -2.19. The fraction of sp³-hybridized carbons (Fsp3) is 0.385. The van der Waals surface area contributed by atoms with Gasteiger partial charge in [-0.3, -0.25) is 0 Å². The minimum absolute atomic E-state index is 0.712. The van der Waals surface area contributed by atoms with Gasteiger partial charge < -0.3 is 5.32 Å². The van der Waals surface area contributed by atoms with Gasteiger partial charge in [-0.2, -0.15) is 0 Å². The summed E-state index contributed by atoms with van der Waals surface area (Å²) >= 11 is 3.45. The van der Waals surface area contributed by atoms with Crippen molar-refractivity contribution >= 4 is 22.0 Å². The number of halogens is 1. The molecule has 0 aliphatic rings. The van der Waals surface area contributed by atoms with Crippen LogP contribution in [0.15, 0.2) is 34.8 Å². The SMILES string of the molecule is CC(C)CNCC=Cc1cccc(Br)c1. The van der Waals surface area contributed by atoms with Crippen LogP contribution in [-0.2, 0) is 0 Å². The maximum absolute atomic E-state index is 3.45. The lowest BCUT2D eigenvalue weighted by Gasteiger charge is -2.03. The summed E-state index contributed by atoms with van der Waals surface area (Å²) in [6.45, 7) is 6.43. The predicted octanol–water partition coefficient (Wildman–Crippen LogP) is 3.71. The van der Waals surface area contributed by atoms with Crippen LogP contribution in [0.2, 0.25) is 0 Å². The molecule has 1 aromatic carbocycles. The Morgan fingerprint density at radius 1 is 1.40 bits per heavy atom. The third kappa shape index (κ3) is 5.75. The van der Waals surface area contributed by atoms with Crippen LogP contribution in [0.5, 0.6) is 0 Å². The Hall–Kier alpha value is -0.600. The van der Waals surface area contributed by atoms with E-state index in [1.54, 1.807) is 0 Å². The van der Waals surface area contributed by atoms with Gasteiger partial charge in [-0.15, -0.1) is 0 Å². The van der Waals surface area contributed by atoms with Gasteiger partial charge in [-0.1, -0.05) is 54.1 Å². The van der Waals surface area contributed by atoms with E-state index in [2.05, 4.69) is 59.4 Å². The van der Waals surface area contributed by atoms with E-state index >= 15 is 0 Å². The molecule has 1 aromatic rings. The maximum atomic E-state index is 3.45. The number of benzene rings is 1. The van der Waals surface area contributed by atoms with Crippen LogP contribution in [0.3, 0.4) is 0 Å². The first-order valence-electron chi connectivity index (χ1n) is 5.31. The molecule has 0 unspecified atom stereocenters. The monoisotopic (exact) mass is 267 g/mol. The first-order chi connectivity index (χ1) is 7.18. The summed E-state index contributed by atoms with van der Waals surface area (Å²) in [6.07, 6.45) is 4.29. The highest BCUT2D eigenvalue weighted by atomic mass is 79.9. The van der Waals surface area contributed by atoms with Crippen LogP contribution >= 0.6 is 15.9 Å². The lowest BCUT2D eigenvalue weighted by atomic mass is 10.2. The third-order valence-electron chi connectivity index (χ3n) is 1.97. The van der Waals surface area contributed by atoms with Gasteiger partial charge in [-0.05, 0) is 30.2 Å². The Labute approximate surface area is 101 Å². The Balaban J connectivity index is 2.32. The molecule has 0 heterocycles. The number of nitrogens with one attached hydrogen (secondary N) is 1. The summed E-state index contributed by atoms with van der Waals surface area (Å²) in [4.78, 5) is 0. The topological polar surface area (TPSA) is 12.0 Å². The van der Waals surface area contributed by atoms with Crippen molar-refractivity contribution in [2.75, 3.05) is 13.1 Å². The van der Waals surface area contributed by atoms with Gasteiger partial charge in [0, 0.05) is 11.0 Å². The summed E-state index contributed by atoms with van der Waals surface area (Å²) < 4.78 is 1.12. The Kier molecular flexibility index (Phi) is 5.66. The van der Waals surface area contributed by atoms with Crippen LogP contribution in [0, 0.1) is 5.92 Å². The van der Waals surface area contributed by atoms with E-state index in [9.17, 15) is 0 Å². The quantitative estimate of drug-likeness (QED) is 0.803. The van der Waals surface area contributed by atoms with Crippen molar-refractivity contribution in [3.63, 3.8) is 0 Å². The molecule has 1 nitrogen and oxygen atoms in total. The molecule has 15 heavy (non-hydrogen) atoms. The maximum Gasteiger partial charge on any atom is 0.0181 e. The zero-order valence-electron chi connectivity index (χ0n) is 9.33. The second-order valence-electron chi connectivity index (χ2n) is 4.01. The molecule has 2 heteroatoms. The first-order valence-corrected chi connectivity index (χ1v) is 6.10. The molecule has 0 saturated heterocycles. The van der Waals surface area contributed by atoms with Crippen molar-refractivity contribution in [3.05, 3.63) is 40.4 Å².